The molecule has 744 valence electrons. The number of hydrogen-bond acceptors (Lipinski definition) is 26. The number of aliphatic hydroxyl groups excluding tert-OH is 1. The molecule has 0 bridgehead atoms. The zero-order chi connectivity index (χ0) is 100. The lowest BCUT2D eigenvalue weighted by Gasteiger charge is -2.35. The van der Waals surface area contributed by atoms with E-state index in [2.05, 4.69) is 73.2 Å². The van der Waals surface area contributed by atoms with Crippen LogP contribution in [0, 0.1) is 10.8 Å². The van der Waals surface area contributed by atoms with Crippen LogP contribution >= 0.6 is 0 Å². The van der Waals surface area contributed by atoms with Crippen LogP contribution in [0.4, 0.5) is 4.79 Å². The number of rotatable bonds is 47. The predicted molar refractivity (Wildman–Crippen MR) is 503 cm³/mol. The molecule has 5 heterocycles. The zero-order valence-corrected chi connectivity index (χ0v) is 76.7. The van der Waals surface area contributed by atoms with Crippen molar-refractivity contribution >= 4 is 133 Å². The number of aromatic amines is 3. The first-order valence-corrected chi connectivity index (χ1v) is 46.2. The lowest BCUT2D eigenvalue weighted by atomic mass is 9.98. The first kappa shape index (κ1) is 106. The van der Waals surface area contributed by atoms with Gasteiger partial charge >= 0.3 is 23.9 Å². The molecule has 3 aromatic heterocycles. The second-order valence-electron chi connectivity index (χ2n) is 33.3. The molecule has 2 fully saturated rings. The fraction of sp³-hybridized carbons (Fsp3) is 0.400. The molecule has 2 aliphatic rings. The zero-order valence-electron chi connectivity index (χ0n) is 75.9. The Hall–Kier alpha value is -15.3. The number of H-pyrrole nitrogens is 3. The molecule has 49 heteroatoms. The highest BCUT2D eigenvalue weighted by Crippen LogP contribution is 2.26. The van der Waals surface area contributed by atoms with E-state index in [1.54, 1.807) is 109 Å². The summed E-state index contributed by atoms with van der Waals surface area (Å²) in [5.41, 5.74) is 30.6. The number of benzene rings is 5. The summed E-state index contributed by atoms with van der Waals surface area (Å²) in [6.45, 7) is -5.36. The maximum atomic E-state index is 15.5. The fourth-order valence-electron chi connectivity index (χ4n) is 16.2. The fourth-order valence-corrected chi connectivity index (χ4v) is 17.8. The quantitative estimate of drug-likeness (QED) is 0.00562. The number of nitrogens with two attached hydrogens (primary N) is 4. The summed E-state index contributed by atoms with van der Waals surface area (Å²) in [4.78, 5) is 233. The van der Waals surface area contributed by atoms with Gasteiger partial charge in [-0.3, -0.25) is 103 Å². The number of carboxylic acids is 3. The number of sulfonamides is 1. The van der Waals surface area contributed by atoms with Crippen molar-refractivity contribution in [2.75, 3.05) is 111 Å². The normalized spacial score (nSPS) is 15.8. The van der Waals surface area contributed by atoms with E-state index >= 15 is 51.6 Å². The van der Waals surface area contributed by atoms with E-state index in [0.717, 1.165) is 12.1 Å². The van der Waals surface area contributed by atoms with Crippen LogP contribution in [0.5, 0.6) is 0 Å². The third kappa shape index (κ3) is 31.4. The maximum absolute atomic E-state index is 15.5. The number of likely N-dealkylation sites (tertiary alicyclic amines) is 1. The number of hydrogen-bond donors (Lipinski definition) is 24. The van der Waals surface area contributed by atoms with Crippen molar-refractivity contribution in [3.63, 3.8) is 0 Å². The number of amides is 12. The number of carbonyl (C=O) groups is 15. The number of aliphatic hydroxyl groups is 1. The molecule has 8 aromatic rings. The van der Waals surface area contributed by atoms with Gasteiger partial charge in [0.05, 0.1) is 44.0 Å². The molecule has 5 aromatic carbocycles. The van der Waals surface area contributed by atoms with E-state index < -0.39 is 223 Å². The highest BCUT2D eigenvalue weighted by Gasteiger charge is 2.44. The second-order valence-corrected chi connectivity index (χ2v) is 35.1. The SMILES string of the molecule is N=C(N)NCCC[C@H](NC(=O)[C@H](CN)N(C(=O)CN1CCN(CC(=O)O)CCN(CC(=O)O)CCN(CC(=O)O)CC1)S(=O)(=O)c1ccccc1)C(=O)N[C@@H](Cc1c[nH]c2ccccc12)C(=O)N[C@@H](CO)C(=O)N[C@@H](Cc1cnc[nH]1)C(=O)N[C@H](CCCNC(=N)N)C(=O)N[C@@H](Cc1c[nH]c2ccccc12)C(=O)N[C@H](Cc1ccc(C(=O)c2ccccc2)cc1)C(=O)N1CCC[C@H]1C(=O)NNC(N)=O. The molecule has 0 spiro atoms. The number of nitrogens with zero attached hydrogens (tertiary/aromatic N) is 7. The molecule has 28 N–H and O–H groups in total. The summed E-state index contributed by atoms with van der Waals surface area (Å²) in [5, 5.41) is 81.4. The Labute approximate surface area is 797 Å². The molecule has 10 rings (SSSR count). The minimum atomic E-state index is -5.16. The average Bonchev–Trinajstić information content (AvgIpc) is 1.75. The summed E-state index contributed by atoms with van der Waals surface area (Å²) in [6, 6.07) is 18.3. The number of guanidine groups is 2. The number of hydrazine groups is 1. The van der Waals surface area contributed by atoms with Gasteiger partial charge in [-0.2, -0.15) is 0 Å². The van der Waals surface area contributed by atoms with Crippen LogP contribution in [0.15, 0.2) is 163 Å². The van der Waals surface area contributed by atoms with Crippen LogP contribution in [0.25, 0.3) is 21.8 Å². The topological polar surface area (TPSA) is 735 Å². The number of carbonyl (C=O) groups excluding carboxylic acids is 12. The van der Waals surface area contributed by atoms with E-state index in [1.165, 1.54) is 61.4 Å². The monoisotopic (exact) mass is 1940 g/mol. The van der Waals surface area contributed by atoms with E-state index in [4.69, 9.17) is 33.8 Å². The lowest BCUT2D eigenvalue weighted by molar-refractivity contribution is -0.142. The summed E-state index contributed by atoms with van der Waals surface area (Å²) >= 11 is 0. The molecule has 9 atom stereocenters. The van der Waals surface area contributed by atoms with Gasteiger partial charge in [-0.1, -0.05) is 109 Å². The number of para-hydroxylation sites is 2. The number of imidazole rings is 1. The van der Waals surface area contributed by atoms with E-state index in [1.807, 2.05) is 5.43 Å². The third-order valence-corrected chi connectivity index (χ3v) is 25.1. The van der Waals surface area contributed by atoms with Crippen molar-refractivity contribution in [1.82, 2.24) is 107 Å². The average molecular weight is 1950 g/mol. The molecular weight excluding hydrogens is 1830 g/mol. The largest absolute Gasteiger partial charge is 0.480 e. The number of aromatic nitrogens is 4. The van der Waals surface area contributed by atoms with Crippen LogP contribution in [0.1, 0.15) is 76.8 Å². The molecule has 48 nitrogen and oxygen atoms in total. The van der Waals surface area contributed by atoms with Crippen LogP contribution in [-0.2, 0) is 98.0 Å². The molecule has 12 amide bonds. The van der Waals surface area contributed by atoms with E-state index in [9.17, 15) is 49.2 Å². The predicted octanol–water partition coefficient (Wildman–Crippen LogP) is -4.50. The minimum absolute atomic E-state index is 0.0137. The van der Waals surface area contributed by atoms with E-state index in [0.29, 0.717) is 56.0 Å². The molecule has 139 heavy (non-hydrogen) atoms. The summed E-state index contributed by atoms with van der Waals surface area (Å²) < 4.78 is 30.5. The molecule has 0 unspecified atom stereocenters. The van der Waals surface area contributed by atoms with Gasteiger partial charge in [0.2, 0.25) is 47.3 Å². The van der Waals surface area contributed by atoms with Crippen molar-refractivity contribution < 1.29 is 101 Å². The van der Waals surface area contributed by atoms with E-state index in [-0.39, 0.29) is 126 Å². The molecule has 0 aliphatic carbocycles. The van der Waals surface area contributed by atoms with Crippen molar-refractivity contribution in [3.05, 3.63) is 192 Å². The van der Waals surface area contributed by atoms with Gasteiger partial charge in [0.25, 0.3) is 21.8 Å². The van der Waals surface area contributed by atoms with Crippen LogP contribution in [-0.4, -0.2) is 344 Å². The lowest BCUT2D eigenvalue weighted by Crippen LogP contribution is -2.62. The van der Waals surface area contributed by atoms with Crippen LogP contribution in [0.3, 0.4) is 0 Å². The number of fused-ring (bicyclic) bond motifs is 2. The highest BCUT2D eigenvalue weighted by molar-refractivity contribution is 7.89. The van der Waals surface area contributed by atoms with Crippen molar-refractivity contribution in [3.8, 4) is 0 Å². The van der Waals surface area contributed by atoms with Crippen molar-refractivity contribution in [2.45, 2.75) is 123 Å². The maximum Gasteiger partial charge on any atom is 0.330 e. The number of aliphatic carboxylic acids is 3. The van der Waals surface area contributed by atoms with Crippen molar-refractivity contribution in [1.29, 1.82) is 10.8 Å². The van der Waals surface area contributed by atoms with Gasteiger partial charge in [0.15, 0.2) is 17.7 Å². The number of carboxylic acid groups (broad SMARTS) is 3. The molecule has 0 saturated carbocycles. The third-order valence-electron chi connectivity index (χ3n) is 23.3. The van der Waals surface area contributed by atoms with Crippen LogP contribution in [0.2, 0.25) is 0 Å². The number of ketones is 1. The van der Waals surface area contributed by atoms with Crippen molar-refractivity contribution in [2.24, 2.45) is 22.9 Å². The first-order valence-electron chi connectivity index (χ1n) is 44.7. The first-order chi connectivity index (χ1) is 66.5. The molecule has 2 aliphatic heterocycles. The molecular formula is C90H117N27O21S. The van der Waals surface area contributed by atoms with Gasteiger partial charge < -0.3 is 111 Å². The molecule has 2 saturated heterocycles. The Morgan fingerprint density at radius 2 is 0.892 bits per heavy atom. The van der Waals surface area contributed by atoms with Crippen LogP contribution < -0.4 is 81.6 Å². The molecule has 0 radical (unpaired) electrons. The van der Waals surface area contributed by atoms with Gasteiger partial charge in [0, 0.05) is 161 Å². The Morgan fingerprint density at radius 3 is 1.35 bits per heavy atom. The van der Waals surface area contributed by atoms with Gasteiger partial charge in [-0.15, -0.1) is 0 Å². The number of urea groups is 1. The Bertz CT molecular complexity index is 5740. The van der Waals surface area contributed by atoms with Gasteiger partial charge in [-0.25, -0.2) is 27.9 Å². The Balaban J connectivity index is 0.926. The summed E-state index contributed by atoms with van der Waals surface area (Å²) in [7, 11) is -5.16. The Kier molecular flexibility index (Phi) is 39.2. The number of nitrogens with one attached hydrogen (secondary N) is 16. The summed E-state index contributed by atoms with van der Waals surface area (Å²) in [6.07, 6.45) is 3.91. The minimum Gasteiger partial charge on any atom is -0.480 e. The van der Waals surface area contributed by atoms with Gasteiger partial charge in [-0.05, 0) is 79.5 Å². The Morgan fingerprint density at radius 1 is 0.475 bits per heavy atom. The van der Waals surface area contributed by atoms with Gasteiger partial charge in [0.1, 0.15) is 54.4 Å². The number of primary amides is 1. The standard InChI is InChI=1S/C90H117N27O21S/c91-44-73(117(139(137,138)60-16-5-2-6-17-60)74(119)48-112-32-34-113(49-75(120)121)36-38-115(51-77(124)125)39-37-114(35-33-112)50-76(122)123)85(133)104-66(23-12-30-99-89(94)95)80(128)106-68(42-58-46-101-64-21-10-8-19-62(58)64)82(130)109-71(52-118)84(132)107-69(43-59-47-97-53-102-59)83(131)103-65(22-11-29-98-88(92)93)79(127)105-67(41-57-45-100-63-20-9-7-18-61(57)63)81(129)108-70(87(135)116-31-13-24-72(116)86(134)110-111-90(96)136)40-54-25-27-56(28-26-54)78(126)55-14-3-1-4-15-55/h1-10,14-21,25-28,45-47,53,65-73,100-101,118H,11-13,22-24,29-44,48-52,91H2,(H,97,102)(H,103,131)(H,104,133)(H,105,127)(H,106,128)(H,107,132)(H,108,129)(H,109,130)(H,110,134)(H,120,121)(H,122,123)(H,124,125)(H4,92,93,98)(H4,94,95,99)(H3,96,111,136)/t65-,66+,67+,68+,69+,70-,71+,72+,73+/m1/s1. The summed E-state index contributed by atoms with van der Waals surface area (Å²) in [5.74, 6) is -15.8. The smallest absolute Gasteiger partial charge is 0.330 e. The highest BCUT2D eigenvalue weighted by atomic mass is 32.2. The second kappa shape index (κ2) is 51.6.